The molecule has 0 radical (unpaired) electrons. The van der Waals surface area contributed by atoms with Gasteiger partial charge in [0.15, 0.2) is 0 Å². The van der Waals surface area contributed by atoms with Gasteiger partial charge >= 0.3 is 0 Å². The first kappa shape index (κ1) is 22.2. The van der Waals surface area contributed by atoms with Crippen LogP contribution >= 0.6 is 23.4 Å². The second kappa shape index (κ2) is 11.0. The lowest BCUT2D eigenvalue weighted by Gasteiger charge is -2.44. The summed E-state index contributed by atoms with van der Waals surface area (Å²) in [5, 5.41) is 3.73. The van der Waals surface area contributed by atoms with E-state index >= 15 is 0 Å². The Labute approximate surface area is 183 Å². The van der Waals surface area contributed by atoms with Crippen molar-refractivity contribution in [2.24, 2.45) is 0 Å². The van der Waals surface area contributed by atoms with Gasteiger partial charge in [-0.2, -0.15) is 0 Å². The summed E-state index contributed by atoms with van der Waals surface area (Å²) in [4.78, 5) is 17.1. The molecule has 0 aliphatic carbocycles. The molecule has 29 heavy (non-hydrogen) atoms. The van der Waals surface area contributed by atoms with Crippen LogP contribution in [0.4, 0.5) is 10.5 Å². The van der Waals surface area contributed by atoms with Gasteiger partial charge in [0.05, 0.1) is 0 Å². The molecule has 2 aromatic carbocycles. The average molecular weight is 432 g/mol. The molecule has 1 heterocycles. The van der Waals surface area contributed by atoms with Crippen molar-refractivity contribution in [3.05, 3.63) is 65.2 Å². The van der Waals surface area contributed by atoms with Crippen molar-refractivity contribution in [1.29, 1.82) is 0 Å². The molecule has 2 atom stereocenters. The van der Waals surface area contributed by atoms with E-state index in [1.165, 1.54) is 17.3 Å². The molecule has 1 saturated heterocycles. The number of carbonyl (C=O) groups excluding carboxylic acids is 1. The molecule has 0 saturated carbocycles. The van der Waals surface area contributed by atoms with Gasteiger partial charge in [0.2, 0.25) is 0 Å². The number of hydrogen-bond acceptors (Lipinski definition) is 4. The van der Waals surface area contributed by atoms with E-state index in [2.05, 4.69) is 41.1 Å². The van der Waals surface area contributed by atoms with Crippen molar-refractivity contribution >= 4 is 34.3 Å². The summed E-state index contributed by atoms with van der Waals surface area (Å²) in [6.45, 7) is 8.73. The van der Waals surface area contributed by atoms with E-state index < -0.39 is 0 Å². The number of amides is 1. The molecule has 0 spiro atoms. The number of rotatable bonds is 7. The van der Waals surface area contributed by atoms with Gasteiger partial charge in [0.25, 0.3) is 5.24 Å². The zero-order valence-corrected chi connectivity index (χ0v) is 18.8. The van der Waals surface area contributed by atoms with E-state index in [9.17, 15) is 4.79 Å². The minimum absolute atomic E-state index is 0.0189. The predicted octanol–water partition coefficient (Wildman–Crippen LogP) is 5.59. The Kier molecular flexibility index (Phi) is 8.42. The first-order chi connectivity index (χ1) is 14.0. The summed E-state index contributed by atoms with van der Waals surface area (Å²) in [5.41, 5.74) is 2.16. The van der Waals surface area contributed by atoms with Gasteiger partial charge in [0, 0.05) is 48.2 Å². The van der Waals surface area contributed by atoms with Crippen LogP contribution in [0.1, 0.15) is 25.8 Å². The highest BCUT2D eigenvalue weighted by molar-refractivity contribution is 8.13. The zero-order chi connectivity index (χ0) is 20.6. The summed E-state index contributed by atoms with van der Waals surface area (Å²) in [5.74, 6) is 0.838. The van der Waals surface area contributed by atoms with Crippen LogP contribution in [-0.2, 0) is 6.54 Å². The maximum atomic E-state index is 12.0. The first-order valence-electron chi connectivity index (χ1n) is 10.2. The molecule has 3 rings (SSSR count). The van der Waals surface area contributed by atoms with E-state index in [1.54, 1.807) is 0 Å². The van der Waals surface area contributed by atoms with Crippen molar-refractivity contribution < 1.29 is 4.79 Å². The molecule has 1 aliphatic rings. The van der Waals surface area contributed by atoms with E-state index in [0.717, 1.165) is 49.1 Å². The predicted molar refractivity (Wildman–Crippen MR) is 125 cm³/mol. The molecular formula is C23H30ClN3OS. The topological polar surface area (TPSA) is 35.6 Å². The molecule has 1 aliphatic heterocycles. The second-order valence-corrected chi connectivity index (χ2v) is 9.23. The van der Waals surface area contributed by atoms with Crippen molar-refractivity contribution in [2.75, 3.05) is 30.7 Å². The first-order valence-corrected chi connectivity index (χ1v) is 11.6. The van der Waals surface area contributed by atoms with E-state index in [0.29, 0.717) is 12.1 Å². The van der Waals surface area contributed by atoms with Crippen molar-refractivity contribution in [2.45, 2.75) is 38.9 Å². The van der Waals surface area contributed by atoms with E-state index in [-0.39, 0.29) is 5.24 Å². The van der Waals surface area contributed by atoms with E-state index in [4.69, 9.17) is 11.6 Å². The summed E-state index contributed by atoms with van der Waals surface area (Å²) in [6, 6.07) is 18.8. The maximum Gasteiger partial charge on any atom is 0.283 e. The molecular weight excluding hydrogens is 402 g/mol. The van der Waals surface area contributed by atoms with Gasteiger partial charge in [0.1, 0.15) is 0 Å². The minimum Gasteiger partial charge on any atom is -0.317 e. The fourth-order valence-electron chi connectivity index (χ4n) is 3.73. The Bertz CT molecular complexity index is 771. The summed E-state index contributed by atoms with van der Waals surface area (Å²) >= 11 is 7.37. The van der Waals surface area contributed by atoms with Crippen LogP contribution < -0.4 is 5.32 Å². The van der Waals surface area contributed by atoms with Crippen LogP contribution in [-0.4, -0.2) is 52.5 Å². The Morgan fingerprint density at radius 2 is 1.69 bits per heavy atom. The Balaban J connectivity index is 1.37. The van der Waals surface area contributed by atoms with Crippen molar-refractivity contribution in [1.82, 2.24) is 9.80 Å². The highest BCUT2D eigenvalue weighted by atomic mass is 35.5. The summed E-state index contributed by atoms with van der Waals surface area (Å²) < 4.78 is 0. The Morgan fingerprint density at radius 3 is 2.41 bits per heavy atom. The molecule has 156 valence electrons. The van der Waals surface area contributed by atoms with Gasteiger partial charge in [-0.05, 0) is 56.6 Å². The molecule has 1 N–H and O–H groups in total. The van der Waals surface area contributed by atoms with Gasteiger partial charge in [-0.25, -0.2) is 0 Å². The van der Waals surface area contributed by atoms with Crippen LogP contribution in [0.2, 0.25) is 5.02 Å². The van der Waals surface area contributed by atoms with Crippen molar-refractivity contribution in [3.63, 3.8) is 0 Å². The van der Waals surface area contributed by atoms with Crippen LogP contribution in [0.25, 0.3) is 0 Å². The fourth-order valence-corrected chi connectivity index (χ4v) is 4.51. The van der Waals surface area contributed by atoms with Crippen molar-refractivity contribution in [3.8, 4) is 0 Å². The molecule has 1 fully saturated rings. The van der Waals surface area contributed by atoms with Gasteiger partial charge in [-0.1, -0.05) is 53.7 Å². The Morgan fingerprint density at radius 1 is 1.03 bits per heavy atom. The average Bonchev–Trinajstić information content (AvgIpc) is 2.71. The third-order valence-corrected chi connectivity index (χ3v) is 6.50. The van der Waals surface area contributed by atoms with Crippen LogP contribution in [0.15, 0.2) is 54.6 Å². The Hall–Kier alpha value is -1.53. The molecule has 4 nitrogen and oxygen atoms in total. The highest BCUT2D eigenvalue weighted by Crippen LogP contribution is 2.20. The quantitative estimate of drug-likeness (QED) is 0.579. The largest absolute Gasteiger partial charge is 0.317 e. The fraction of sp³-hybridized carbons (Fsp3) is 0.435. The molecule has 1 amide bonds. The molecule has 2 aromatic rings. The second-order valence-electron chi connectivity index (χ2n) is 7.73. The molecule has 0 aromatic heterocycles. The SMILES string of the molecule is CC1CN(Cc2ccc(Cl)cc2)C(C)CN1CCCSC(=O)Nc1ccccc1. The number of halogens is 1. The number of piperazine rings is 1. The number of carbonyl (C=O) groups is 1. The zero-order valence-electron chi connectivity index (χ0n) is 17.2. The third-order valence-electron chi connectivity index (χ3n) is 5.39. The lowest BCUT2D eigenvalue weighted by Crippen LogP contribution is -2.56. The number of hydrogen-bond donors (Lipinski definition) is 1. The number of benzene rings is 2. The van der Waals surface area contributed by atoms with Gasteiger partial charge < -0.3 is 5.32 Å². The smallest absolute Gasteiger partial charge is 0.283 e. The number of nitrogens with zero attached hydrogens (tertiary/aromatic N) is 2. The summed E-state index contributed by atoms with van der Waals surface area (Å²) in [7, 11) is 0. The highest BCUT2D eigenvalue weighted by Gasteiger charge is 2.28. The maximum absolute atomic E-state index is 12.0. The normalized spacial score (nSPS) is 20.5. The monoisotopic (exact) mass is 431 g/mol. The third kappa shape index (κ3) is 7.03. The lowest BCUT2D eigenvalue weighted by molar-refractivity contribution is 0.0380. The molecule has 0 bridgehead atoms. The van der Waals surface area contributed by atoms with E-state index in [1.807, 2.05) is 42.5 Å². The number of nitrogens with one attached hydrogen (secondary N) is 1. The molecule has 2 unspecified atom stereocenters. The van der Waals surface area contributed by atoms with Crippen LogP contribution in [0.3, 0.4) is 0 Å². The minimum atomic E-state index is 0.0189. The number of anilines is 1. The molecule has 6 heteroatoms. The number of para-hydroxylation sites is 1. The van der Waals surface area contributed by atoms with Gasteiger partial charge in [-0.15, -0.1) is 0 Å². The van der Waals surface area contributed by atoms with Crippen LogP contribution in [0, 0.1) is 0 Å². The summed E-state index contributed by atoms with van der Waals surface area (Å²) in [6.07, 6.45) is 1.02. The lowest BCUT2D eigenvalue weighted by atomic mass is 10.1. The van der Waals surface area contributed by atoms with Crippen LogP contribution in [0.5, 0.6) is 0 Å². The standard InChI is InChI=1S/C23H30ClN3OS/c1-18-16-27(17-20-9-11-21(24)12-10-20)19(2)15-26(18)13-6-14-29-23(28)25-22-7-4-3-5-8-22/h3-5,7-12,18-19H,6,13-17H2,1-2H3,(H,25,28). The van der Waals surface area contributed by atoms with Gasteiger partial charge in [-0.3, -0.25) is 14.6 Å². The number of thioether (sulfide) groups is 1.